The van der Waals surface area contributed by atoms with Gasteiger partial charge in [0.15, 0.2) is 0 Å². The highest BCUT2D eigenvalue weighted by Crippen LogP contribution is 2.31. The largest absolute Gasteiger partial charge is 0.368 e. The van der Waals surface area contributed by atoms with Crippen LogP contribution in [-0.2, 0) is 6.42 Å². The van der Waals surface area contributed by atoms with E-state index in [0.717, 1.165) is 22.5 Å². The first-order valence-corrected chi connectivity index (χ1v) is 8.28. The normalized spacial score (nSPS) is 12.7. The van der Waals surface area contributed by atoms with Crippen LogP contribution in [0.25, 0.3) is 10.2 Å². The molecular formula is C14H16N4S2. The number of nitrogens with zero attached hydrogens (tertiary/aromatic N) is 2. The van der Waals surface area contributed by atoms with Crippen LogP contribution in [0.15, 0.2) is 22.9 Å². The molecule has 0 bridgehead atoms. The molecule has 1 atom stereocenters. The van der Waals surface area contributed by atoms with Gasteiger partial charge in [-0.15, -0.1) is 11.3 Å². The number of nitrogen functional groups attached to an aromatic ring is 1. The van der Waals surface area contributed by atoms with E-state index in [4.69, 9.17) is 5.73 Å². The molecule has 20 heavy (non-hydrogen) atoms. The molecule has 0 saturated carbocycles. The van der Waals surface area contributed by atoms with Crippen LogP contribution in [-0.4, -0.2) is 9.97 Å². The summed E-state index contributed by atoms with van der Waals surface area (Å²) in [5.41, 5.74) is 7.07. The molecule has 3 rings (SSSR count). The van der Waals surface area contributed by atoms with Crippen LogP contribution in [0.4, 0.5) is 11.8 Å². The van der Waals surface area contributed by atoms with Crippen LogP contribution < -0.4 is 11.1 Å². The van der Waals surface area contributed by atoms with Crippen molar-refractivity contribution in [3.05, 3.63) is 33.3 Å². The van der Waals surface area contributed by atoms with E-state index in [1.54, 1.807) is 22.7 Å². The van der Waals surface area contributed by atoms with Gasteiger partial charge in [0.2, 0.25) is 5.95 Å². The Morgan fingerprint density at radius 3 is 2.95 bits per heavy atom. The Balaban J connectivity index is 1.99. The van der Waals surface area contributed by atoms with E-state index in [2.05, 4.69) is 52.0 Å². The number of hydrogen-bond donors (Lipinski definition) is 2. The van der Waals surface area contributed by atoms with Gasteiger partial charge in [0.25, 0.3) is 0 Å². The van der Waals surface area contributed by atoms with Gasteiger partial charge >= 0.3 is 0 Å². The molecule has 0 fully saturated rings. The summed E-state index contributed by atoms with van der Waals surface area (Å²) in [5, 5.41) is 8.73. The fourth-order valence-corrected chi connectivity index (χ4v) is 3.81. The lowest BCUT2D eigenvalue weighted by Gasteiger charge is -2.14. The molecule has 0 saturated heterocycles. The van der Waals surface area contributed by atoms with E-state index in [1.165, 1.54) is 10.4 Å². The van der Waals surface area contributed by atoms with Crippen molar-refractivity contribution in [2.75, 3.05) is 11.1 Å². The average molecular weight is 304 g/mol. The monoisotopic (exact) mass is 304 g/mol. The minimum absolute atomic E-state index is 0.198. The summed E-state index contributed by atoms with van der Waals surface area (Å²) in [6.45, 7) is 4.27. The first kappa shape index (κ1) is 13.3. The Labute approximate surface area is 125 Å². The van der Waals surface area contributed by atoms with E-state index in [1.807, 2.05) is 0 Å². The number of rotatable bonds is 4. The van der Waals surface area contributed by atoms with Gasteiger partial charge in [-0.3, -0.25) is 0 Å². The maximum Gasteiger partial charge on any atom is 0.223 e. The average Bonchev–Trinajstić information content (AvgIpc) is 3.07. The summed E-state index contributed by atoms with van der Waals surface area (Å²) >= 11 is 3.38. The lowest BCUT2D eigenvalue weighted by Crippen LogP contribution is -2.08. The van der Waals surface area contributed by atoms with Gasteiger partial charge in [0, 0.05) is 4.88 Å². The van der Waals surface area contributed by atoms with Gasteiger partial charge in [-0.05, 0) is 41.8 Å². The Kier molecular flexibility index (Phi) is 3.58. The van der Waals surface area contributed by atoms with Crippen LogP contribution in [0.3, 0.4) is 0 Å². The number of hydrogen-bond acceptors (Lipinski definition) is 6. The van der Waals surface area contributed by atoms with Gasteiger partial charge in [0.1, 0.15) is 10.6 Å². The topological polar surface area (TPSA) is 63.8 Å². The molecule has 3 aromatic heterocycles. The van der Waals surface area contributed by atoms with E-state index in [9.17, 15) is 0 Å². The number of nitrogens with one attached hydrogen (secondary N) is 1. The van der Waals surface area contributed by atoms with Crippen molar-refractivity contribution in [2.45, 2.75) is 26.3 Å². The third-order valence-corrected chi connectivity index (χ3v) is 5.08. The number of aromatic nitrogens is 2. The minimum Gasteiger partial charge on any atom is -0.368 e. The summed E-state index contributed by atoms with van der Waals surface area (Å²) in [6.07, 6.45) is 1.00. The number of nitrogens with two attached hydrogens (primary N) is 1. The van der Waals surface area contributed by atoms with Crippen molar-refractivity contribution >= 4 is 44.7 Å². The molecule has 1 unspecified atom stereocenters. The number of fused-ring (bicyclic) bond motifs is 1. The molecule has 0 spiro atoms. The SMILES string of the molecule is CCc1cc2c(NC(C)c3ccsc3)nc(N)nc2s1. The summed E-state index contributed by atoms with van der Waals surface area (Å²) < 4.78 is 0. The van der Waals surface area contributed by atoms with Crippen LogP contribution in [0.5, 0.6) is 0 Å². The molecule has 0 aromatic carbocycles. The van der Waals surface area contributed by atoms with E-state index < -0.39 is 0 Å². The Morgan fingerprint density at radius 1 is 1.40 bits per heavy atom. The summed E-state index contributed by atoms with van der Waals surface area (Å²) in [4.78, 5) is 10.9. The summed E-state index contributed by atoms with van der Waals surface area (Å²) in [7, 11) is 0. The smallest absolute Gasteiger partial charge is 0.223 e. The van der Waals surface area contributed by atoms with Gasteiger partial charge < -0.3 is 11.1 Å². The van der Waals surface area contributed by atoms with E-state index >= 15 is 0 Å². The van der Waals surface area contributed by atoms with Crippen LogP contribution in [0.2, 0.25) is 0 Å². The highest BCUT2D eigenvalue weighted by molar-refractivity contribution is 7.18. The lowest BCUT2D eigenvalue weighted by atomic mass is 10.2. The van der Waals surface area contributed by atoms with Gasteiger partial charge in [-0.2, -0.15) is 16.3 Å². The molecule has 0 aliphatic rings. The predicted molar refractivity (Wildman–Crippen MR) is 87.6 cm³/mol. The summed E-state index contributed by atoms with van der Waals surface area (Å²) in [5.74, 6) is 1.14. The van der Waals surface area contributed by atoms with E-state index in [-0.39, 0.29) is 6.04 Å². The van der Waals surface area contributed by atoms with Crippen LogP contribution >= 0.6 is 22.7 Å². The van der Waals surface area contributed by atoms with Crippen molar-refractivity contribution in [3.63, 3.8) is 0 Å². The zero-order chi connectivity index (χ0) is 14.1. The van der Waals surface area contributed by atoms with Gasteiger partial charge in [-0.25, -0.2) is 4.98 Å². The van der Waals surface area contributed by atoms with E-state index in [0.29, 0.717) is 5.95 Å². The predicted octanol–water partition coefficient (Wildman–Crippen LogP) is 4.07. The standard InChI is InChI=1S/C14H16N4S2/c1-3-10-6-11-12(17-14(15)18-13(11)20-10)16-8(2)9-4-5-19-7-9/h4-8H,3H2,1-2H3,(H3,15,16,17,18). The highest BCUT2D eigenvalue weighted by Gasteiger charge is 2.13. The van der Waals surface area contributed by atoms with Crippen molar-refractivity contribution in [1.29, 1.82) is 0 Å². The highest BCUT2D eigenvalue weighted by atomic mass is 32.1. The minimum atomic E-state index is 0.198. The Bertz CT molecular complexity index is 718. The quantitative estimate of drug-likeness (QED) is 0.762. The van der Waals surface area contributed by atoms with Crippen LogP contribution in [0, 0.1) is 0 Å². The summed E-state index contributed by atoms with van der Waals surface area (Å²) in [6, 6.07) is 4.47. The third-order valence-electron chi connectivity index (χ3n) is 3.21. The first-order chi connectivity index (χ1) is 9.67. The van der Waals surface area contributed by atoms with Gasteiger partial charge in [0.05, 0.1) is 11.4 Å². The second kappa shape index (κ2) is 5.38. The number of aryl methyl sites for hydroxylation is 1. The molecule has 3 aromatic rings. The van der Waals surface area contributed by atoms with Crippen molar-refractivity contribution in [2.24, 2.45) is 0 Å². The number of thiophene rings is 2. The van der Waals surface area contributed by atoms with Crippen molar-refractivity contribution in [1.82, 2.24) is 9.97 Å². The van der Waals surface area contributed by atoms with Crippen LogP contribution in [0.1, 0.15) is 30.3 Å². The molecule has 3 heterocycles. The third kappa shape index (κ3) is 2.48. The molecule has 0 aliphatic carbocycles. The maximum atomic E-state index is 5.82. The maximum absolute atomic E-state index is 5.82. The molecule has 0 radical (unpaired) electrons. The zero-order valence-corrected chi connectivity index (χ0v) is 13.0. The second-order valence-corrected chi connectivity index (χ2v) is 6.53. The second-order valence-electron chi connectivity index (χ2n) is 4.64. The molecule has 0 aliphatic heterocycles. The molecule has 104 valence electrons. The van der Waals surface area contributed by atoms with Crippen molar-refractivity contribution in [3.8, 4) is 0 Å². The fourth-order valence-electron chi connectivity index (χ4n) is 2.08. The fraction of sp³-hybridized carbons (Fsp3) is 0.286. The Hall–Kier alpha value is -1.66. The van der Waals surface area contributed by atoms with Gasteiger partial charge in [-0.1, -0.05) is 6.92 Å². The molecule has 0 amide bonds. The molecule has 6 heteroatoms. The number of anilines is 2. The molecular weight excluding hydrogens is 288 g/mol. The van der Waals surface area contributed by atoms with Crippen molar-refractivity contribution < 1.29 is 0 Å². The first-order valence-electron chi connectivity index (χ1n) is 6.52. The zero-order valence-electron chi connectivity index (χ0n) is 11.4. The Morgan fingerprint density at radius 2 is 2.25 bits per heavy atom. The lowest BCUT2D eigenvalue weighted by molar-refractivity contribution is 0.882. The molecule has 4 nitrogen and oxygen atoms in total. The molecule has 3 N–H and O–H groups in total.